The second-order valence-electron chi connectivity index (χ2n) is 12.7. The van der Waals surface area contributed by atoms with Gasteiger partial charge in [-0.15, -0.1) is 0 Å². The molecule has 0 saturated carbocycles. The van der Waals surface area contributed by atoms with Gasteiger partial charge in [-0.1, -0.05) is 68.3 Å². The van der Waals surface area contributed by atoms with Crippen molar-refractivity contribution in [3.8, 4) is 11.5 Å². The largest absolute Gasteiger partial charge is 0.497 e. The van der Waals surface area contributed by atoms with Crippen molar-refractivity contribution in [2.45, 2.75) is 104 Å². The molecule has 2 aromatic carbocycles. The van der Waals surface area contributed by atoms with E-state index in [9.17, 15) is 0 Å². The van der Waals surface area contributed by atoms with Gasteiger partial charge in [-0.2, -0.15) is 0 Å². The van der Waals surface area contributed by atoms with Crippen LogP contribution in [0.3, 0.4) is 0 Å². The highest BCUT2D eigenvalue weighted by Gasteiger charge is 2.41. The van der Waals surface area contributed by atoms with Gasteiger partial charge in [0, 0.05) is 5.92 Å². The predicted octanol–water partition coefficient (Wildman–Crippen LogP) is 9.92. The number of allylic oxidation sites excluding steroid dienone is 2. The summed E-state index contributed by atoms with van der Waals surface area (Å²) in [5.74, 6) is 2.63. The van der Waals surface area contributed by atoms with Crippen LogP contribution in [0.25, 0.3) is 0 Å². The van der Waals surface area contributed by atoms with Gasteiger partial charge in [0.05, 0.1) is 46.2 Å². The van der Waals surface area contributed by atoms with Crippen LogP contribution in [0.4, 0.5) is 0 Å². The molecule has 0 fully saturated rings. The molecule has 0 aliphatic heterocycles. The lowest BCUT2D eigenvalue weighted by molar-refractivity contribution is 0.0219. The Bertz CT molecular complexity index is 1160. The molecule has 2 atom stereocenters. The van der Waals surface area contributed by atoms with Crippen LogP contribution in [0.1, 0.15) is 78.4 Å². The summed E-state index contributed by atoms with van der Waals surface area (Å²) in [5.41, 5.74) is 5.12. The van der Waals surface area contributed by atoms with Crippen LogP contribution in [-0.4, -0.2) is 41.4 Å². The molecule has 244 valence electrons. The van der Waals surface area contributed by atoms with Crippen molar-refractivity contribution in [2.75, 3.05) is 27.4 Å². The van der Waals surface area contributed by atoms with E-state index in [2.05, 4.69) is 78.0 Å². The molecule has 44 heavy (non-hydrogen) atoms. The highest BCUT2D eigenvalue weighted by atomic mass is 28.4. The van der Waals surface area contributed by atoms with Gasteiger partial charge in [0.2, 0.25) is 0 Å². The van der Waals surface area contributed by atoms with Crippen molar-refractivity contribution in [1.82, 2.24) is 0 Å². The average molecular weight is 623 g/mol. The van der Waals surface area contributed by atoms with Crippen LogP contribution in [0.2, 0.25) is 18.1 Å². The molecule has 0 N–H and O–H groups in total. The second kappa shape index (κ2) is 17.9. The molecule has 0 aromatic heterocycles. The maximum Gasteiger partial charge on any atom is 0.192 e. The van der Waals surface area contributed by atoms with E-state index in [1.54, 1.807) is 14.2 Å². The first-order valence-corrected chi connectivity index (χ1v) is 19.2. The summed E-state index contributed by atoms with van der Waals surface area (Å²) in [5, 5.41) is 0. The van der Waals surface area contributed by atoms with Gasteiger partial charge in [0.15, 0.2) is 8.32 Å². The van der Waals surface area contributed by atoms with Crippen LogP contribution >= 0.6 is 0 Å². The summed E-state index contributed by atoms with van der Waals surface area (Å²) in [7, 11) is 1.67. The molecule has 6 heteroatoms. The second-order valence-corrected chi connectivity index (χ2v) is 17.4. The minimum absolute atomic E-state index is 0.138. The predicted molar refractivity (Wildman–Crippen MR) is 185 cm³/mol. The van der Waals surface area contributed by atoms with E-state index in [1.807, 2.05) is 24.3 Å². The summed E-state index contributed by atoms with van der Waals surface area (Å²) in [4.78, 5) is 0. The zero-order valence-electron chi connectivity index (χ0n) is 28.7. The fourth-order valence-electron chi connectivity index (χ4n) is 6.42. The van der Waals surface area contributed by atoms with E-state index in [-0.39, 0.29) is 5.60 Å². The van der Waals surface area contributed by atoms with E-state index >= 15 is 0 Å². The Morgan fingerprint density at radius 1 is 0.818 bits per heavy atom. The number of hydrogen-bond acceptors (Lipinski definition) is 5. The zero-order valence-corrected chi connectivity index (χ0v) is 29.7. The monoisotopic (exact) mass is 622 g/mol. The van der Waals surface area contributed by atoms with Gasteiger partial charge in [0.25, 0.3) is 0 Å². The maximum absolute atomic E-state index is 7.14. The van der Waals surface area contributed by atoms with Gasteiger partial charge >= 0.3 is 0 Å². The van der Waals surface area contributed by atoms with Crippen LogP contribution in [-0.2, 0) is 27.1 Å². The van der Waals surface area contributed by atoms with Crippen LogP contribution in [0.15, 0.2) is 71.8 Å². The molecule has 0 saturated heterocycles. The van der Waals surface area contributed by atoms with Crippen molar-refractivity contribution in [3.63, 3.8) is 0 Å². The van der Waals surface area contributed by atoms with Crippen molar-refractivity contribution in [1.29, 1.82) is 0 Å². The summed E-state index contributed by atoms with van der Waals surface area (Å²) >= 11 is 0. The summed E-state index contributed by atoms with van der Waals surface area (Å²) in [6.07, 6.45) is 8.90. The summed E-state index contributed by atoms with van der Waals surface area (Å²) < 4.78 is 30.0. The molecule has 0 spiro atoms. The van der Waals surface area contributed by atoms with Gasteiger partial charge < -0.3 is 23.4 Å². The third kappa shape index (κ3) is 10.6. The standard InChI is InChI=1S/C38H58O5Si/c1-9-44(10-2,11-3)43-38(5,6)34-19-14-30(4)37(27-34)33(24-26-42-29-32-17-22-36(40-8)23-18-32)13-12-25-41-28-31-15-20-35(39-7)21-16-31/h13-18,20-23,34,37H,9-12,19,24-29H2,1-8H3/b33-13+/t34-,37+/m1/s1. The number of methoxy groups -OCH3 is 2. The Balaban J connectivity index is 1.68. The van der Waals surface area contributed by atoms with E-state index < -0.39 is 8.32 Å². The Morgan fingerprint density at radius 3 is 1.84 bits per heavy atom. The lowest BCUT2D eigenvalue weighted by Crippen LogP contribution is -2.48. The van der Waals surface area contributed by atoms with Crippen molar-refractivity contribution in [3.05, 3.63) is 83.0 Å². The third-order valence-corrected chi connectivity index (χ3v) is 14.5. The van der Waals surface area contributed by atoms with Gasteiger partial charge in [0.1, 0.15) is 11.5 Å². The highest BCUT2D eigenvalue weighted by molar-refractivity contribution is 6.73. The minimum Gasteiger partial charge on any atom is -0.497 e. The normalized spacial score (nSPS) is 17.8. The molecule has 3 rings (SSSR count). The van der Waals surface area contributed by atoms with E-state index in [0.29, 0.717) is 38.3 Å². The van der Waals surface area contributed by atoms with E-state index in [0.717, 1.165) is 48.3 Å². The first-order chi connectivity index (χ1) is 21.2. The van der Waals surface area contributed by atoms with E-state index in [4.69, 9.17) is 23.4 Å². The van der Waals surface area contributed by atoms with Crippen molar-refractivity contribution < 1.29 is 23.4 Å². The number of ether oxygens (including phenoxy) is 4. The third-order valence-electron chi connectivity index (χ3n) is 9.70. The Labute approximate surface area is 269 Å². The molecule has 0 radical (unpaired) electrons. The van der Waals surface area contributed by atoms with Crippen LogP contribution in [0.5, 0.6) is 11.5 Å². The SMILES string of the molecule is CC[Si](CC)(CC)OC(C)(C)[C@@H]1CC=C(C)[C@@H](/C(=C/CCOCc2ccc(OC)cc2)CCOCc2ccc(OC)cc2)C1. The Morgan fingerprint density at radius 2 is 1.34 bits per heavy atom. The minimum atomic E-state index is -1.72. The summed E-state index contributed by atoms with van der Waals surface area (Å²) in [6.45, 7) is 16.6. The van der Waals surface area contributed by atoms with Crippen LogP contribution in [0, 0.1) is 11.8 Å². The molecule has 5 nitrogen and oxygen atoms in total. The summed E-state index contributed by atoms with van der Waals surface area (Å²) in [6, 6.07) is 19.8. The first-order valence-electron chi connectivity index (χ1n) is 16.7. The molecule has 0 amide bonds. The molecule has 1 aliphatic rings. The lowest BCUT2D eigenvalue weighted by Gasteiger charge is -2.45. The smallest absolute Gasteiger partial charge is 0.192 e. The fourth-order valence-corrected chi connectivity index (χ4v) is 9.63. The van der Waals surface area contributed by atoms with E-state index in [1.165, 1.54) is 29.3 Å². The quantitative estimate of drug-likeness (QED) is 0.0886. The van der Waals surface area contributed by atoms with Crippen molar-refractivity contribution in [2.24, 2.45) is 11.8 Å². The Kier molecular flexibility index (Phi) is 14.7. The molecule has 2 aromatic rings. The Hall–Kier alpha value is -2.38. The molecule has 1 aliphatic carbocycles. The van der Waals surface area contributed by atoms with Gasteiger partial charge in [-0.25, -0.2) is 0 Å². The van der Waals surface area contributed by atoms with Crippen molar-refractivity contribution >= 4 is 8.32 Å². The molecular formula is C38H58O5Si. The van der Waals surface area contributed by atoms with Gasteiger partial charge in [-0.05, 0) is 106 Å². The fraction of sp³-hybridized carbons (Fsp3) is 0.579. The highest BCUT2D eigenvalue weighted by Crippen LogP contribution is 2.43. The topological polar surface area (TPSA) is 46.2 Å². The number of rotatable bonds is 19. The molecular weight excluding hydrogens is 564 g/mol. The lowest BCUT2D eigenvalue weighted by atomic mass is 9.71. The average Bonchev–Trinajstić information content (AvgIpc) is 3.05. The maximum atomic E-state index is 7.14. The first kappa shape index (κ1) is 36.1. The molecule has 0 unspecified atom stereocenters. The number of hydrogen-bond donors (Lipinski definition) is 0. The molecule has 0 bridgehead atoms. The molecule has 0 heterocycles. The number of benzene rings is 2. The van der Waals surface area contributed by atoms with Gasteiger partial charge in [-0.3, -0.25) is 0 Å². The van der Waals surface area contributed by atoms with Crippen LogP contribution < -0.4 is 9.47 Å². The zero-order chi connectivity index (χ0) is 32.0.